The van der Waals surface area contributed by atoms with Crippen molar-refractivity contribution in [2.45, 2.75) is 38.8 Å². The molecule has 0 aliphatic carbocycles. The Morgan fingerprint density at radius 2 is 2.25 bits per heavy atom. The second-order valence-corrected chi connectivity index (χ2v) is 6.68. The van der Waals surface area contributed by atoms with Crippen LogP contribution >= 0.6 is 0 Å². The Hall–Kier alpha value is -1.92. The first-order chi connectivity index (χ1) is 11.4. The monoisotopic (exact) mass is 334 g/mol. The third-order valence-corrected chi connectivity index (χ3v) is 4.42. The molecule has 2 heterocycles. The third-order valence-electron chi connectivity index (χ3n) is 4.42. The highest BCUT2D eigenvalue weighted by molar-refractivity contribution is 5.57. The lowest BCUT2D eigenvalue weighted by molar-refractivity contribution is -0.0185. The minimum absolute atomic E-state index is 0.252. The van der Waals surface area contributed by atoms with Gasteiger partial charge in [-0.2, -0.15) is 0 Å². The van der Waals surface area contributed by atoms with E-state index in [4.69, 9.17) is 9.15 Å². The van der Waals surface area contributed by atoms with Crippen LogP contribution in [0.3, 0.4) is 0 Å². The summed E-state index contributed by atoms with van der Waals surface area (Å²) in [6.07, 6.45) is 1.75. The second-order valence-electron chi connectivity index (χ2n) is 6.68. The number of likely N-dealkylation sites (tertiary alicyclic amines) is 1. The Morgan fingerprint density at radius 3 is 2.96 bits per heavy atom. The van der Waals surface area contributed by atoms with Crippen molar-refractivity contribution in [2.24, 2.45) is 0 Å². The van der Waals surface area contributed by atoms with Gasteiger partial charge in [-0.15, -0.1) is 0 Å². The number of hydrogen-bond acceptors (Lipinski definition) is 5. The number of oxazole rings is 1. The molecule has 130 valence electrons. The van der Waals surface area contributed by atoms with E-state index in [0.717, 1.165) is 25.1 Å². The largest absolute Gasteiger partial charge is 0.497 e. The molecule has 0 spiro atoms. The molecule has 1 aromatic heterocycles. The standard InChI is InChI=1S/C18H23FN2O3/c1-12-16(10-21-8-4-7-18(2,22)11-21)20-17(24-12)14-9-13(23-3)5-6-15(14)19/h5-6,9,22H,4,7-8,10-11H2,1-3H3. The summed E-state index contributed by atoms with van der Waals surface area (Å²) in [5.74, 6) is 1.07. The number of β-amino-alcohol motifs (C(OH)–C–C–N with tert-alkyl or cyclic N) is 1. The number of rotatable bonds is 4. The van der Waals surface area contributed by atoms with Gasteiger partial charge < -0.3 is 14.3 Å². The van der Waals surface area contributed by atoms with E-state index in [-0.39, 0.29) is 11.5 Å². The normalized spacial score (nSPS) is 21.9. The molecule has 1 aromatic carbocycles. The maximum Gasteiger partial charge on any atom is 0.229 e. The van der Waals surface area contributed by atoms with Crippen LogP contribution in [0.15, 0.2) is 22.6 Å². The van der Waals surface area contributed by atoms with Gasteiger partial charge in [0.1, 0.15) is 17.3 Å². The molecule has 1 aliphatic heterocycles. The van der Waals surface area contributed by atoms with Crippen LogP contribution in [-0.4, -0.2) is 40.8 Å². The van der Waals surface area contributed by atoms with E-state index in [1.54, 1.807) is 12.1 Å². The highest BCUT2D eigenvalue weighted by atomic mass is 19.1. The number of ether oxygens (including phenoxy) is 1. The van der Waals surface area contributed by atoms with Gasteiger partial charge in [-0.25, -0.2) is 9.37 Å². The number of hydrogen-bond donors (Lipinski definition) is 1. The summed E-state index contributed by atoms with van der Waals surface area (Å²) in [6, 6.07) is 4.48. The van der Waals surface area contributed by atoms with Crippen molar-refractivity contribution in [2.75, 3.05) is 20.2 Å². The van der Waals surface area contributed by atoms with Crippen LogP contribution in [0, 0.1) is 12.7 Å². The first kappa shape index (κ1) is 16.9. The maximum absolute atomic E-state index is 14.1. The van der Waals surface area contributed by atoms with Crippen molar-refractivity contribution in [1.29, 1.82) is 0 Å². The van der Waals surface area contributed by atoms with Gasteiger partial charge in [0, 0.05) is 13.1 Å². The van der Waals surface area contributed by atoms with Crippen LogP contribution in [0.5, 0.6) is 5.75 Å². The molecule has 1 atom stereocenters. The van der Waals surface area contributed by atoms with E-state index in [2.05, 4.69) is 9.88 Å². The minimum atomic E-state index is -0.669. The van der Waals surface area contributed by atoms with Gasteiger partial charge >= 0.3 is 0 Å². The summed E-state index contributed by atoms with van der Waals surface area (Å²) < 4.78 is 24.9. The molecule has 0 bridgehead atoms. The number of halogens is 1. The summed E-state index contributed by atoms with van der Waals surface area (Å²) in [7, 11) is 1.53. The molecule has 5 nitrogen and oxygen atoms in total. The number of nitrogens with zero attached hydrogens (tertiary/aromatic N) is 2. The van der Waals surface area contributed by atoms with Crippen molar-refractivity contribution in [3.05, 3.63) is 35.5 Å². The van der Waals surface area contributed by atoms with Gasteiger partial charge in [0.2, 0.25) is 5.89 Å². The van der Waals surface area contributed by atoms with E-state index in [0.29, 0.717) is 24.6 Å². The van der Waals surface area contributed by atoms with E-state index in [1.807, 2.05) is 13.8 Å². The molecule has 2 aromatic rings. The lowest BCUT2D eigenvalue weighted by Gasteiger charge is -2.36. The first-order valence-electron chi connectivity index (χ1n) is 8.13. The van der Waals surface area contributed by atoms with Crippen LogP contribution in [-0.2, 0) is 6.54 Å². The summed E-state index contributed by atoms with van der Waals surface area (Å²) >= 11 is 0. The fourth-order valence-electron chi connectivity index (χ4n) is 3.16. The Bertz CT molecular complexity index is 727. The number of piperidine rings is 1. The second kappa shape index (κ2) is 6.53. The highest BCUT2D eigenvalue weighted by Crippen LogP contribution is 2.29. The van der Waals surface area contributed by atoms with Crippen molar-refractivity contribution < 1.29 is 18.7 Å². The van der Waals surface area contributed by atoms with Crippen LogP contribution in [0.2, 0.25) is 0 Å². The summed E-state index contributed by atoms with van der Waals surface area (Å²) in [5.41, 5.74) is 0.386. The van der Waals surface area contributed by atoms with E-state index >= 15 is 0 Å². The fourth-order valence-corrected chi connectivity index (χ4v) is 3.16. The molecule has 1 aliphatic rings. The predicted molar refractivity (Wildman–Crippen MR) is 88.3 cm³/mol. The number of aryl methyl sites for hydroxylation is 1. The first-order valence-corrected chi connectivity index (χ1v) is 8.13. The molecular formula is C18H23FN2O3. The molecule has 0 amide bonds. The van der Waals surface area contributed by atoms with Crippen molar-refractivity contribution in [1.82, 2.24) is 9.88 Å². The molecule has 0 radical (unpaired) electrons. The van der Waals surface area contributed by atoms with Crippen LogP contribution in [0.4, 0.5) is 4.39 Å². The SMILES string of the molecule is COc1ccc(F)c(-c2nc(CN3CCCC(C)(O)C3)c(C)o2)c1. The number of aromatic nitrogens is 1. The van der Waals surface area contributed by atoms with Gasteiger partial charge in [0.05, 0.1) is 24.0 Å². The molecule has 3 rings (SSSR count). The summed E-state index contributed by atoms with van der Waals surface area (Å²) in [6.45, 7) is 5.77. The molecule has 0 saturated carbocycles. The molecule has 6 heteroatoms. The fraction of sp³-hybridized carbons (Fsp3) is 0.500. The van der Waals surface area contributed by atoms with Crippen LogP contribution in [0.1, 0.15) is 31.2 Å². The van der Waals surface area contributed by atoms with E-state index in [9.17, 15) is 9.50 Å². The lowest BCUT2D eigenvalue weighted by atomic mass is 9.95. The number of aliphatic hydroxyl groups is 1. The zero-order valence-electron chi connectivity index (χ0n) is 14.3. The number of benzene rings is 1. The van der Waals surface area contributed by atoms with Crippen molar-refractivity contribution >= 4 is 0 Å². The minimum Gasteiger partial charge on any atom is -0.497 e. The Kier molecular flexibility index (Phi) is 4.60. The molecular weight excluding hydrogens is 311 g/mol. The summed E-state index contributed by atoms with van der Waals surface area (Å²) in [5, 5.41) is 10.2. The van der Waals surface area contributed by atoms with E-state index in [1.165, 1.54) is 13.2 Å². The average Bonchev–Trinajstić information content (AvgIpc) is 2.87. The molecule has 1 fully saturated rings. The lowest BCUT2D eigenvalue weighted by Crippen LogP contribution is -2.45. The smallest absolute Gasteiger partial charge is 0.229 e. The summed E-state index contributed by atoms with van der Waals surface area (Å²) in [4.78, 5) is 6.63. The zero-order valence-corrected chi connectivity index (χ0v) is 14.3. The quantitative estimate of drug-likeness (QED) is 0.931. The van der Waals surface area contributed by atoms with Crippen molar-refractivity contribution in [3.8, 4) is 17.2 Å². The molecule has 24 heavy (non-hydrogen) atoms. The van der Waals surface area contributed by atoms with Gasteiger partial charge in [-0.1, -0.05) is 0 Å². The van der Waals surface area contributed by atoms with Gasteiger partial charge in [0.25, 0.3) is 0 Å². The van der Waals surface area contributed by atoms with Gasteiger partial charge in [-0.3, -0.25) is 4.90 Å². The Labute approximate surface area is 141 Å². The number of methoxy groups -OCH3 is 1. The van der Waals surface area contributed by atoms with Gasteiger partial charge in [0.15, 0.2) is 0 Å². The van der Waals surface area contributed by atoms with Gasteiger partial charge in [-0.05, 0) is 51.4 Å². The van der Waals surface area contributed by atoms with E-state index < -0.39 is 11.4 Å². The molecule has 1 unspecified atom stereocenters. The molecule has 1 N–H and O–H groups in total. The van der Waals surface area contributed by atoms with Crippen LogP contribution in [0.25, 0.3) is 11.5 Å². The zero-order chi connectivity index (χ0) is 17.3. The average molecular weight is 334 g/mol. The van der Waals surface area contributed by atoms with Crippen molar-refractivity contribution in [3.63, 3.8) is 0 Å². The van der Waals surface area contributed by atoms with Crippen LogP contribution < -0.4 is 4.74 Å². The maximum atomic E-state index is 14.1. The predicted octanol–water partition coefficient (Wildman–Crippen LogP) is 3.14. The Balaban J connectivity index is 1.83. The topological polar surface area (TPSA) is 58.7 Å². The molecule has 1 saturated heterocycles. The third kappa shape index (κ3) is 3.60. The highest BCUT2D eigenvalue weighted by Gasteiger charge is 2.29. The Morgan fingerprint density at radius 1 is 1.46 bits per heavy atom.